The molecule has 3 rings (SSSR count). The molecule has 3 atom stereocenters. The van der Waals surface area contributed by atoms with Gasteiger partial charge in [0.1, 0.15) is 17.1 Å². The second-order valence-corrected chi connectivity index (χ2v) is 8.32. The minimum Gasteiger partial charge on any atom is -0.508 e. The van der Waals surface area contributed by atoms with Crippen molar-refractivity contribution in [3.8, 4) is 11.5 Å². The van der Waals surface area contributed by atoms with Gasteiger partial charge in [-0.2, -0.15) is 0 Å². The van der Waals surface area contributed by atoms with Crippen molar-refractivity contribution in [3.05, 3.63) is 23.3 Å². The fourth-order valence-electron chi connectivity index (χ4n) is 4.74. The first-order chi connectivity index (χ1) is 10.9. The molecule has 23 heavy (non-hydrogen) atoms. The van der Waals surface area contributed by atoms with Crippen molar-refractivity contribution in [2.45, 2.75) is 84.2 Å². The molecule has 1 aromatic rings. The molecule has 128 valence electrons. The van der Waals surface area contributed by atoms with Crippen LogP contribution in [0.2, 0.25) is 0 Å². The van der Waals surface area contributed by atoms with Gasteiger partial charge in [0.05, 0.1) is 0 Å². The summed E-state index contributed by atoms with van der Waals surface area (Å²) < 4.78 is 6.39. The van der Waals surface area contributed by atoms with Gasteiger partial charge >= 0.3 is 0 Å². The minimum atomic E-state index is -0.133. The molecule has 0 saturated heterocycles. The molecule has 0 radical (unpaired) electrons. The first-order valence-electron chi connectivity index (χ1n) is 9.47. The lowest BCUT2D eigenvalue weighted by Gasteiger charge is -2.48. The number of phenols is 1. The molecule has 1 aliphatic carbocycles. The number of aromatic hydroxyl groups is 1. The van der Waals surface area contributed by atoms with E-state index < -0.39 is 0 Å². The first kappa shape index (κ1) is 16.7. The highest BCUT2D eigenvalue weighted by atomic mass is 16.5. The Morgan fingerprint density at radius 3 is 2.74 bits per heavy atom. The summed E-state index contributed by atoms with van der Waals surface area (Å²) in [7, 11) is 0. The van der Waals surface area contributed by atoms with Gasteiger partial charge in [-0.1, -0.05) is 33.1 Å². The van der Waals surface area contributed by atoms with E-state index >= 15 is 0 Å². The molecule has 0 bridgehead atoms. The Hall–Kier alpha value is -1.18. The summed E-state index contributed by atoms with van der Waals surface area (Å²) in [5.41, 5.74) is 2.17. The van der Waals surface area contributed by atoms with E-state index in [1.807, 2.05) is 6.07 Å². The van der Waals surface area contributed by atoms with Gasteiger partial charge < -0.3 is 9.84 Å². The molecule has 1 saturated carbocycles. The molecule has 1 aliphatic heterocycles. The van der Waals surface area contributed by atoms with Gasteiger partial charge in [-0.25, -0.2) is 0 Å². The number of phenolic OH excluding ortho intramolecular Hbond substituents is 1. The van der Waals surface area contributed by atoms with E-state index in [-0.39, 0.29) is 5.60 Å². The topological polar surface area (TPSA) is 29.5 Å². The maximum atomic E-state index is 10.7. The van der Waals surface area contributed by atoms with Crippen molar-refractivity contribution in [3.63, 3.8) is 0 Å². The number of rotatable bonds is 4. The molecule has 2 heteroatoms. The summed E-state index contributed by atoms with van der Waals surface area (Å²) in [6.45, 7) is 9.02. The van der Waals surface area contributed by atoms with Gasteiger partial charge in [-0.05, 0) is 69.1 Å². The number of hydrogen-bond donors (Lipinski definition) is 1. The van der Waals surface area contributed by atoms with Crippen LogP contribution in [-0.4, -0.2) is 10.7 Å². The monoisotopic (exact) mass is 316 g/mol. The van der Waals surface area contributed by atoms with Crippen molar-refractivity contribution in [1.82, 2.24) is 0 Å². The zero-order valence-electron chi connectivity index (χ0n) is 15.2. The molecule has 1 heterocycles. The third kappa shape index (κ3) is 3.22. The van der Waals surface area contributed by atoms with E-state index in [2.05, 4.69) is 33.8 Å². The van der Waals surface area contributed by atoms with Crippen LogP contribution in [0.25, 0.3) is 0 Å². The summed E-state index contributed by atoms with van der Waals surface area (Å²) in [6, 6.07) is 4.19. The number of ether oxygens (including phenoxy) is 1. The van der Waals surface area contributed by atoms with Gasteiger partial charge in [0.2, 0.25) is 0 Å². The maximum absolute atomic E-state index is 10.7. The van der Waals surface area contributed by atoms with Gasteiger partial charge in [-0.3, -0.25) is 0 Å². The van der Waals surface area contributed by atoms with Crippen molar-refractivity contribution >= 4 is 0 Å². The molecule has 1 aromatic carbocycles. The van der Waals surface area contributed by atoms with Gasteiger partial charge in [-0.15, -0.1) is 0 Å². The van der Waals surface area contributed by atoms with Crippen LogP contribution in [0.1, 0.15) is 83.3 Å². The summed E-state index contributed by atoms with van der Waals surface area (Å²) >= 11 is 0. The third-order valence-electron chi connectivity index (χ3n) is 6.00. The van der Waals surface area contributed by atoms with Crippen LogP contribution < -0.4 is 4.74 Å². The Bertz CT molecular complexity index is 561. The van der Waals surface area contributed by atoms with Crippen LogP contribution in [-0.2, 0) is 6.42 Å². The number of fused-ring (bicyclic) bond motifs is 3. The standard InChI is InChI=1S/C21H32O2/c1-5-6-7-8-15-12-18(22)20-16-11-14(2)9-10-17(16)21(3,4)23-19(20)13-15/h12-14,16-17,22H,5-11H2,1-4H3/t14-,16+,17+/m0/s1. The average Bonchev–Trinajstić information content (AvgIpc) is 2.46. The summed E-state index contributed by atoms with van der Waals surface area (Å²) in [5.74, 6) is 3.11. The molecule has 0 amide bonds. The van der Waals surface area contributed by atoms with E-state index in [1.165, 1.54) is 44.1 Å². The van der Waals surface area contributed by atoms with Crippen LogP contribution in [0, 0.1) is 11.8 Å². The molecule has 1 fully saturated rings. The number of benzene rings is 1. The predicted molar refractivity (Wildman–Crippen MR) is 95.3 cm³/mol. The van der Waals surface area contributed by atoms with E-state index in [4.69, 9.17) is 4.74 Å². The summed E-state index contributed by atoms with van der Waals surface area (Å²) in [6.07, 6.45) is 8.33. The van der Waals surface area contributed by atoms with Crippen molar-refractivity contribution in [2.75, 3.05) is 0 Å². The van der Waals surface area contributed by atoms with Gasteiger partial charge in [0, 0.05) is 11.5 Å². The first-order valence-corrected chi connectivity index (χ1v) is 9.47. The summed E-state index contributed by atoms with van der Waals surface area (Å²) in [5, 5.41) is 10.7. The molecule has 0 aromatic heterocycles. The van der Waals surface area contributed by atoms with Crippen LogP contribution in [0.3, 0.4) is 0 Å². The smallest absolute Gasteiger partial charge is 0.127 e. The van der Waals surface area contributed by atoms with E-state index in [9.17, 15) is 5.11 Å². The molecule has 1 N–H and O–H groups in total. The fraction of sp³-hybridized carbons (Fsp3) is 0.714. The van der Waals surface area contributed by atoms with Crippen molar-refractivity contribution in [1.29, 1.82) is 0 Å². The van der Waals surface area contributed by atoms with Gasteiger partial charge in [0.25, 0.3) is 0 Å². The lowest BCUT2D eigenvalue weighted by Crippen LogP contribution is -2.46. The predicted octanol–water partition coefficient (Wildman–Crippen LogP) is 5.82. The second-order valence-electron chi connectivity index (χ2n) is 8.32. The molecule has 0 unspecified atom stereocenters. The Morgan fingerprint density at radius 1 is 1.22 bits per heavy atom. The second kappa shape index (κ2) is 6.37. The molecule has 2 nitrogen and oxygen atoms in total. The number of unbranched alkanes of at least 4 members (excludes halogenated alkanes) is 2. The van der Waals surface area contributed by atoms with Crippen LogP contribution in [0.15, 0.2) is 12.1 Å². The van der Waals surface area contributed by atoms with E-state index in [1.54, 1.807) is 0 Å². The largest absolute Gasteiger partial charge is 0.508 e. The molecule has 0 spiro atoms. The van der Waals surface area contributed by atoms with Crippen molar-refractivity contribution < 1.29 is 9.84 Å². The average molecular weight is 316 g/mol. The van der Waals surface area contributed by atoms with Crippen LogP contribution >= 0.6 is 0 Å². The number of aryl methyl sites for hydroxylation is 1. The van der Waals surface area contributed by atoms with Crippen LogP contribution in [0.4, 0.5) is 0 Å². The van der Waals surface area contributed by atoms with E-state index in [0.717, 1.165) is 23.7 Å². The Kier molecular flexibility index (Phi) is 4.62. The molecular formula is C21H32O2. The quantitative estimate of drug-likeness (QED) is 0.710. The summed E-state index contributed by atoms with van der Waals surface area (Å²) in [4.78, 5) is 0. The molecular weight excluding hydrogens is 284 g/mol. The minimum absolute atomic E-state index is 0.133. The normalized spacial score (nSPS) is 28.6. The Morgan fingerprint density at radius 2 is 2.00 bits per heavy atom. The lowest BCUT2D eigenvalue weighted by molar-refractivity contribution is -0.0145. The zero-order chi connectivity index (χ0) is 16.6. The lowest BCUT2D eigenvalue weighted by atomic mass is 9.64. The SMILES string of the molecule is CCCCCc1cc(O)c2c(c1)OC(C)(C)[C@@H]1CC[C@H](C)C[C@@H]21. The number of hydrogen-bond acceptors (Lipinski definition) is 2. The van der Waals surface area contributed by atoms with Crippen LogP contribution in [0.5, 0.6) is 11.5 Å². The zero-order valence-corrected chi connectivity index (χ0v) is 15.2. The maximum Gasteiger partial charge on any atom is 0.127 e. The highest BCUT2D eigenvalue weighted by Crippen LogP contribution is 2.55. The Labute approximate surface area is 141 Å². The molecule has 2 aliphatic rings. The Balaban J connectivity index is 1.94. The van der Waals surface area contributed by atoms with Gasteiger partial charge in [0.15, 0.2) is 0 Å². The fourth-order valence-corrected chi connectivity index (χ4v) is 4.74. The third-order valence-corrected chi connectivity index (χ3v) is 6.00. The highest BCUT2D eigenvalue weighted by molar-refractivity contribution is 5.52. The van der Waals surface area contributed by atoms with Crippen molar-refractivity contribution in [2.24, 2.45) is 11.8 Å². The van der Waals surface area contributed by atoms with E-state index in [0.29, 0.717) is 17.6 Å². The highest BCUT2D eigenvalue weighted by Gasteiger charge is 2.47.